The van der Waals surface area contributed by atoms with Crippen molar-refractivity contribution in [3.63, 3.8) is 0 Å². The first-order valence-corrected chi connectivity index (χ1v) is 11.0. The van der Waals surface area contributed by atoms with Crippen molar-refractivity contribution in [2.24, 2.45) is 0 Å². The molecule has 4 rings (SSSR count). The van der Waals surface area contributed by atoms with Crippen LogP contribution in [0.25, 0.3) is 11.3 Å². The van der Waals surface area contributed by atoms with Gasteiger partial charge in [0.1, 0.15) is 0 Å². The zero-order chi connectivity index (χ0) is 21.6. The van der Waals surface area contributed by atoms with E-state index < -0.39 is 0 Å². The Kier molecular flexibility index (Phi) is 7.21. The summed E-state index contributed by atoms with van der Waals surface area (Å²) in [5, 5.41) is 4.49. The van der Waals surface area contributed by atoms with E-state index in [2.05, 4.69) is 5.16 Å². The number of halogens is 1. The topological polar surface area (TPSA) is 85.1 Å². The molecule has 9 heteroatoms. The summed E-state index contributed by atoms with van der Waals surface area (Å²) in [5.74, 6) is 0.160. The number of carbonyl (C=O) groups is 2. The summed E-state index contributed by atoms with van der Waals surface area (Å²) < 4.78 is 16.4. The first-order valence-electron chi connectivity index (χ1n) is 10.6. The molecule has 0 bridgehead atoms. The number of aromatic nitrogens is 1. The number of rotatable bonds is 7. The molecule has 8 nitrogen and oxygen atoms in total. The van der Waals surface area contributed by atoms with Crippen molar-refractivity contribution in [1.29, 1.82) is 0 Å². The Labute approximate surface area is 186 Å². The average Bonchev–Trinajstić information content (AvgIpc) is 3.49. The molecule has 1 atom stereocenters. The summed E-state index contributed by atoms with van der Waals surface area (Å²) in [7, 11) is 0. The molecule has 166 valence electrons. The van der Waals surface area contributed by atoms with Gasteiger partial charge in [-0.2, -0.15) is 0 Å². The molecule has 0 spiro atoms. The van der Waals surface area contributed by atoms with Gasteiger partial charge in [0, 0.05) is 50.8 Å². The van der Waals surface area contributed by atoms with Crippen LogP contribution >= 0.6 is 11.6 Å². The Morgan fingerprint density at radius 3 is 2.74 bits per heavy atom. The van der Waals surface area contributed by atoms with Gasteiger partial charge < -0.3 is 23.8 Å². The minimum atomic E-state index is -0.285. The normalized spacial score (nSPS) is 18.9. The van der Waals surface area contributed by atoms with E-state index in [-0.39, 0.29) is 30.0 Å². The van der Waals surface area contributed by atoms with E-state index in [1.807, 2.05) is 18.2 Å². The van der Waals surface area contributed by atoms with Gasteiger partial charge in [-0.3, -0.25) is 9.59 Å². The Bertz CT molecular complexity index is 906. The number of carbonyl (C=O) groups excluding carboxylic acids is 2. The van der Waals surface area contributed by atoms with Crippen LogP contribution in [0.2, 0.25) is 5.02 Å². The van der Waals surface area contributed by atoms with Crippen molar-refractivity contribution in [3.05, 3.63) is 41.0 Å². The molecule has 1 aromatic carbocycles. The average molecular weight is 448 g/mol. The minimum absolute atomic E-state index is 0.0188. The Balaban J connectivity index is 1.46. The highest BCUT2D eigenvalue weighted by atomic mass is 35.5. The number of nitrogens with zero attached hydrogens (tertiary/aromatic N) is 3. The van der Waals surface area contributed by atoms with E-state index in [4.69, 9.17) is 25.6 Å². The van der Waals surface area contributed by atoms with Crippen LogP contribution in [0.1, 0.15) is 29.8 Å². The Morgan fingerprint density at radius 1 is 1.19 bits per heavy atom. The van der Waals surface area contributed by atoms with Gasteiger partial charge in [0.05, 0.1) is 24.3 Å². The summed E-state index contributed by atoms with van der Waals surface area (Å²) in [6.07, 6.45) is 2.08. The third-order valence-corrected chi connectivity index (χ3v) is 5.89. The van der Waals surface area contributed by atoms with Gasteiger partial charge in [-0.1, -0.05) is 28.9 Å². The van der Waals surface area contributed by atoms with Crippen molar-refractivity contribution in [3.8, 4) is 11.3 Å². The second-order valence-electron chi connectivity index (χ2n) is 7.69. The highest BCUT2D eigenvalue weighted by molar-refractivity contribution is 6.33. The first kappa shape index (κ1) is 21.8. The molecule has 0 unspecified atom stereocenters. The molecule has 2 saturated heterocycles. The van der Waals surface area contributed by atoms with Gasteiger partial charge in [0.2, 0.25) is 5.91 Å². The predicted molar refractivity (Wildman–Crippen MR) is 114 cm³/mol. The molecule has 0 N–H and O–H groups in total. The number of hydrogen-bond donors (Lipinski definition) is 0. The monoisotopic (exact) mass is 447 g/mol. The van der Waals surface area contributed by atoms with Crippen LogP contribution in [0.15, 0.2) is 34.9 Å². The lowest BCUT2D eigenvalue weighted by atomic mass is 10.1. The molecule has 2 amide bonds. The van der Waals surface area contributed by atoms with Gasteiger partial charge in [0.25, 0.3) is 5.91 Å². The maximum Gasteiger partial charge on any atom is 0.276 e. The summed E-state index contributed by atoms with van der Waals surface area (Å²) in [4.78, 5) is 29.2. The van der Waals surface area contributed by atoms with Gasteiger partial charge >= 0.3 is 0 Å². The molecule has 1 aromatic heterocycles. The SMILES string of the molecule is O=C(CCN(C[C@H]1CCCO1)C(=O)c1cc(-c2ccccc2Cl)on1)N1CCOCC1. The third-order valence-electron chi connectivity index (χ3n) is 5.56. The zero-order valence-electron chi connectivity index (χ0n) is 17.3. The second kappa shape index (κ2) is 10.3. The van der Waals surface area contributed by atoms with Gasteiger partial charge in [-0.05, 0) is 25.0 Å². The number of benzene rings is 1. The zero-order valence-corrected chi connectivity index (χ0v) is 18.1. The van der Waals surface area contributed by atoms with E-state index in [1.165, 1.54) is 0 Å². The first-order chi connectivity index (χ1) is 15.1. The molecular formula is C22H26ClN3O5. The third kappa shape index (κ3) is 5.44. The number of hydrogen-bond acceptors (Lipinski definition) is 6. The molecule has 3 heterocycles. The number of morpholine rings is 1. The lowest BCUT2D eigenvalue weighted by molar-refractivity contribution is -0.135. The van der Waals surface area contributed by atoms with E-state index in [1.54, 1.807) is 21.9 Å². The highest BCUT2D eigenvalue weighted by Crippen LogP contribution is 2.28. The van der Waals surface area contributed by atoms with Crippen LogP contribution in [-0.4, -0.2) is 78.9 Å². The maximum absolute atomic E-state index is 13.2. The van der Waals surface area contributed by atoms with Crippen molar-refractivity contribution in [2.45, 2.75) is 25.4 Å². The lowest BCUT2D eigenvalue weighted by Crippen LogP contribution is -2.44. The van der Waals surface area contributed by atoms with Crippen molar-refractivity contribution >= 4 is 23.4 Å². The summed E-state index contributed by atoms with van der Waals surface area (Å²) in [6, 6.07) is 8.81. The van der Waals surface area contributed by atoms with E-state index in [9.17, 15) is 9.59 Å². The van der Waals surface area contributed by atoms with E-state index >= 15 is 0 Å². The van der Waals surface area contributed by atoms with Crippen LogP contribution in [0.3, 0.4) is 0 Å². The molecule has 2 fully saturated rings. The second-order valence-corrected chi connectivity index (χ2v) is 8.09. The number of amides is 2. The predicted octanol–water partition coefficient (Wildman–Crippen LogP) is 2.87. The van der Waals surface area contributed by atoms with Crippen molar-refractivity contribution in [2.75, 3.05) is 46.0 Å². The molecule has 2 aromatic rings. The summed E-state index contributed by atoms with van der Waals surface area (Å²) in [5.41, 5.74) is 0.857. The van der Waals surface area contributed by atoms with Crippen molar-refractivity contribution in [1.82, 2.24) is 15.0 Å². The summed E-state index contributed by atoms with van der Waals surface area (Å²) >= 11 is 6.23. The minimum Gasteiger partial charge on any atom is -0.378 e. The fourth-order valence-electron chi connectivity index (χ4n) is 3.84. The van der Waals surface area contributed by atoms with Gasteiger partial charge in [-0.25, -0.2) is 0 Å². The Morgan fingerprint density at radius 2 is 2.00 bits per heavy atom. The molecule has 0 aliphatic carbocycles. The van der Waals surface area contributed by atoms with Gasteiger partial charge in [0.15, 0.2) is 11.5 Å². The van der Waals surface area contributed by atoms with E-state index in [0.717, 1.165) is 12.8 Å². The van der Waals surface area contributed by atoms with Crippen LogP contribution in [0.5, 0.6) is 0 Å². The molecule has 31 heavy (non-hydrogen) atoms. The standard InChI is InChI=1S/C22H26ClN3O5/c23-18-6-2-1-5-17(18)20-14-19(24-31-20)22(28)26(15-16-4-3-11-30-16)8-7-21(27)25-9-12-29-13-10-25/h1-2,5-6,14,16H,3-4,7-13,15H2/t16-/m1/s1. The fraction of sp³-hybridized carbons (Fsp3) is 0.500. The van der Waals surface area contributed by atoms with Crippen LogP contribution in [-0.2, 0) is 14.3 Å². The fourth-order valence-corrected chi connectivity index (χ4v) is 4.07. The molecule has 2 aliphatic rings. The van der Waals surface area contributed by atoms with E-state index in [0.29, 0.717) is 62.3 Å². The molecule has 0 saturated carbocycles. The van der Waals surface area contributed by atoms with Gasteiger partial charge in [-0.15, -0.1) is 0 Å². The van der Waals surface area contributed by atoms with Crippen LogP contribution in [0, 0.1) is 0 Å². The lowest BCUT2D eigenvalue weighted by Gasteiger charge is -2.29. The molecule has 2 aliphatic heterocycles. The van der Waals surface area contributed by atoms with Crippen molar-refractivity contribution < 1.29 is 23.6 Å². The number of ether oxygens (including phenoxy) is 2. The van der Waals surface area contributed by atoms with Crippen LogP contribution < -0.4 is 0 Å². The molecule has 0 radical (unpaired) electrons. The molecular weight excluding hydrogens is 422 g/mol. The largest absolute Gasteiger partial charge is 0.378 e. The summed E-state index contributed by atoms with van der Waals surface area (Å²) in [6.45, 7) is 3.68. The smallest absolute Gasteiger partial charge is 0.276 e. The highest BCUT2D eigenvalue weighted by Gasteiger charge is 2.27. The van der Waals surface area contributed by atoms with Crippen LogP contribution in [0.4, 0.5) is 0 Å². The quantitative estimate of drug-likeness (QED) is 0.648. The Hall–Kier alpha value is -2.42. The maximum atomic E-state index is 13.2.